The summed E-state index contributed by atoms with van der Waals surface area (Å²) in [6.07, 6.45) is 4.75. The minimum absolute atomic E-state index is 0.0839. The number of benzene rings is 1. The zero-order valence-electron chi connectivity index (χ0n) is 12.6. The molecule has 0 aliphatic carbocycles. The fourth-order valence-corrected chi connectivity index (χ4v) is 2.65. The van der Waals surface area contributed by atoms with Crippen molar-refractivity contribution < 1.29 is 0 Å². The summed E-state index contributed by atoms with van der Waals surface area (Å²) in [7, 11) is 0. The van der Waals surface area contributed by atoms with Gasteiger partial charge in [-0.15, -0.1) is 0 Å². The molecular weight excluding hydrogens is 244 g/mol. The van der Waals surface area contributed by atoms with Crippen molar-refractivity contribution in [2.45, 2.75) is 38.6 Å². The molecule has 0 spiro atoms. The molecule has 2 heteroatoms. The second-order valence-corrected chi connectivity index (χ2v) is 5.76. The fraction of sp³-hybridized carbons (Fsp3) is 0.389. The summed E-state index contributed by atoms with van der Waals surface area (Å²) >= 11 is 0. The Bertz CT molecular complexity index is 505. The van der Waals surface area contributed by atoms with Gasteiger partial charge in [-0.05, 0) is 36.2 Å². The van der Waals surface area contributed by atoms with Crippen molar-refractivity contribution in [1.29, 1.82) is 0 Å². The molecular formula is C18H24N2. The number of rotatable bonds is 6. The molecule has 1 N–H and O–H groups in total. The normalized spacial score (nSPS) is 13.2. The van der Waals surface area contributed by atoms with Gasteiger partial charge in [-0.25, -0.2) is 0 Å². The average molecular weight is 268 g/mol. The lowest BCUT2D eigenvalue weighted by Crippen LogP contribution is -2.46. The number of aromatic nitrogens is 1. The van der Waals surface area contributed by atoms with Crippen LogP contribution in [-0.4, -0.2) is 17.6 Å². The maximum Gasteiger partial charge on any atom is 0.0270 e. The largest absolute Gasteiger partial charge is 0.313 e. The SMILES string of the molecule is CCNC(Cc1ccncc1)C(C)(C)c1ccccc1. The van der Waals surface area contributed by atoms with Crippen molar-refractivity contribution in [3.8, 4) is 0 Å². The van der Waals surface area contributed by atoms with E-state index in [1.54, 1.807) is 0 Å². The van der Waals surface area contributed by atoms with E-state index in [4.69, 9.17) is 0 Å². The molecule has 2 nitrogen and oxygen atoms in total. The van der Waals surface area contributed by atoms with E-state index in [1.807, 2.05) is 12.4 Å². The molecule has 0 fully saturated rings. The molecule has 1 aromatic carbocycles. The van der Waals surface area contributed by atoms with Gasteiger partial charge < -0.3 is 5.32 Å². The Morgan fingerprint density at radius 2 is 1.70 bits per heavy atom. The lowest BCUT2D eigenvalue weighted by Gasteiger charge is -2.36. The zero-order valence-corrected chi connectivity index (χ0v) is 12.6. The van der Waals surface area contributed by atoms with Crippen LogP contribution in [0.15, 0.2) is 54.9 Å². The molecule has 0 bridgehead atoms. The molecule has 1 aromatic heterocycles. The minimum atomic E-state index is 0.0839. The van der Waals surface area contributed by atoms with Gasteiger partial charge in [0.25, 0.3) is 0 Å². The van der Waals surface area contributed by atoms with Crippen LogP contribution in [-0.2, 0) is 11.8 Å². The van der Waals surface area contributed by atoms with Crippen molar-refractivity contribution in [3.63, 3.8) is 0 Å². The van der Waals surface area contributed by atoms with E-state index in [2.05, 4.69) is 73.5 Å². The smallest absolute Gasteiger partial charge is 0.0270 e. The minimum Gasteiger partial charge on any atom is -0.313 e. The number of nitrogens with one attached hydrogen (secondary N) is 1. The van der Waals surface area contributed by atoms with Crippen LogP contribution < -0.4 is 5.32 Å². The van der Waals surface area contributed by atoms with E-state index in [0.717, 1.165) is 13.0 Å². The van der Waals surface area contributed by atoms with Gasteiger partial charge in [0.05, 0.1) is 0 Å². The number of hydrogen-bond acceptors (Lipinski definition) is 2. The van der Waals surface area contributed by atoms with Crippen LogP contribution >= 0.6 is 0 Å². The Labute approximate surface area is 122 Å². The van der Waals surface area contributed by atoms with Crippen molar-refractivity contribution in [2.24, 2.45) is 0 Å². The summed E-state index contributed by atoms with van der Waals surface area (Å²) in [6.45, 7) is 7.78. The number of pyridine rings is 1. The average Bonchev–Trinajstić information content (AvgIpc) is 2.49. The Morgan fingerprint density at radius 1 is 1.05 bits per heavy atom. The predicted molar refractivity (Wildman–Crippen MR) is 84.9 cm³/mol. The second-order valence-electron chi connectivity index (χ2n) is 5.76. The molecule has 1 heterocycles. The first-order chi connectivity index (χ1) is 9.64. The monoisotopic (exact) mass is 268 g/mol. The topological polar surface area (TPSA) is 24.9 Å². The van der Waals surface area contributed by atoms with Crippen molar-refractivity contribution in [3.05, 3.63) is 66.0 Å². The number of hydrogen-bond donors (Lipinski definition) is 1. The number of likely N-dealkylation sites (N-methyl/N-ethyl adjacent to an activating group) is 1. The standard InChI is InChI=1S/C18H24N2/c1-4-20-17(14-15-10-12-19-13-11-15)18(2,3)16-8-6-5-7-9-16/h5-13,17,20H,4,14H2,1-3H3. The van der Waals surface area contributed by atoms with Gasteiger partial charge >= 0.3 is 0 Å². The van der Waals surface area contributed by atoms with Crippen LogP contribution in [0.5, 0.6) is 0 Å². The van der Waals surface area contributed by atoms with Gasteiger partial charge in [0.15, 0.2) is 0 Å². The highest BCUT2D eigenvalue weighted by molar-refractivity contribution is 5.27. The highest BCUT2D eigenvalue weighted by Crippen LogP contribution is 2.29. The third-order valence-corrected chi connectivity index (χ3v) is 4.03. The third-order valence-electron chi connectivity index (χ3n) is 4.03. The van der Waals surface area contributed by atoms with Crippen LogP contribution in [0.1, 0.15) is 31.9 Å². The molecule has 0 saturated carbocycles. The predicted octanol–water partition coefficient (Wildman–Crippen LogP) is 3.58. The molecule has 0 amide bonds. The molecule has 2 rings (SSSR count). The molecule has 0 saturated heterocycles. The third kappa shape index (κ3) is 3.45. The van der Waals surface area contributed by atoms with Gasteiger partial charge in [0.2, 0.25) is 0 Å². The Kier molecular flexibility index (Phi) is 4.91. The van der Waals surface area contributed by atoms with E-state index in [9.17, 15) is 0 Å². The fourth-order valence-electron chi connectivity index (χ4n) is 2.65. The van der Waals surface area contributed by atoms with E-state index in [1.165, 1.54) is 11.1 Å². The highest BCUT2D eigenvalue weighted by Gasteiger charge is 2.30. The molecule has 0 aliphatic rings. The molecule has 2 aromatic rings. The van der Waals surface area contributed by atoms with Gasteiger partial charge in [0.1, 0.15) is 0 Å². The maximum absolute atomic E-state index is 4.10. The zero-order chi connectivity index (χ0) is 14.4. The van der Waals surface area contributed by atoms with Crippen LogP contribution in [0.2, 0.25) is 0 Å². The summed E-state index contributed by atoms with van der Waals surface area (Å²) < 4.78 is 0. The molecule has 20 heavy (non-hydrogen) atoms. The van der Waals surface area contributed by atoms with Crippen molar-refractivity contribution in [1.82, 2.24) is 10.3 Å². The Morgan fingerprint density at radius 3 is 2.30 bits per heavy atom. The molecule has 106 valence electrons. The van der Waals surface area contributed by atoms with Gasteiger partial charge in [-0.2, -0.15) is 0 Å². The first-order valence-corrected chi connectivity index (χ1v) is 7.32. The molecule has 1 atom stereocenters. The van der Waals surface area contributed by atoms with Crippen molar-refractivity contribution in [2.75, 3.05) is 6.54 Å². The lowest BCUT2D eigenvalue weighted by atomic mass is 9.75. The van der Waals surface area contributed by atoms with E-state index in [0.29, 0.717) is 6.04 Å². The van der Waals surface area contributed by atoms with Gasteiger partial charge in [-0.3, -0.25) is 4.98 Å². The summed E-state index contributed by atoms with van der Waals surface area (Å²) in [5.74, 6) is 0. The summed E-state index contributed by atoms with van der Waals surface area (Å²) in [4.78, 5) is 4.10. The van der Waals surface area contributed by atoms with Crippen LogP contribution in [0.25, 0.3) is 0 Å². The summed E-state index contributed by atoms with van der Waals surface area (Å²) in [5, 5.41) is 3.65. The Balaban J connectivity index is 2.23. The summed E-state index contributed by atoms with van der Waals surface area (Å²) in [6, 6.07) is 15.4. The van der Waals surface area contributed by atoms with E-state index >= 15 is 0 Å². The first kappa shape index (κ1) is 14.7. The van der Waals surface area contributed by atoms with Gasteiger partial charge in [-0.1, -0.05) is 51.1 Å². The van der Waals surface area contributed by atoms with E-state index < -0.39 is 0 Å². The second kappa shape index (κ2) is 6.67. The maximum atomic E-state index is 4.10. The lowest BCUT2D eigenvalue weighted by molar-refractivity contribution is 0.343. The quantitative estimate of drug-likeness (QED) is 0.866. The summed E-state index contributed by atoms with van der Waals surface area (Å²) in [5.41, 5.74) is 2.79. The highest BCUT2D eigenvalue weighted by atomic mass is 14.9. The van der Waals surface area contributed by atoms with Gasteiger partial charge in [0, 0.05) is 23.9 Å². The Hall–Kier alpha value is -1.67. The van der Waals surface area contributed by atoms with Crippen LogP contribution in [0, 0.1) is 0 Å². The molecule has 1 unspecified atom stereocenters. The van der Waals surface area contributed by atoms with Crippen LogP contribution in [0.3, 0.4) is 0 Å². The molecule has 0 aliphatic heterocycles. The van der Waals surface area contributed by atoms with Crippen LogP contribution in [0.4, 0.5) is 0 Å². The number of nitrogens with zero attached hydrogens (tertiary/aromatic N) is 1. The molecule has 0 radical (unpaired) electrons. The first-order valence-electron chi connectivity index (χ1n) is 7.32. The van der Waals surface area contributed by atoms with Crippen molar-refractivity contribution >= 4 is 0 Å². The van der Waals surface area contributed by atoms with E-state index in [-0.39, 0.29) is 5.41 Å².